The van der Waals surface area contributed by atoms with Crippen molar-refractivity contribution < 1.29 is 0 Å². The summed E-state index contributed by atoms with van der Waals surface area (Å²) < 4.78 is 1.42. The van der Waals surface area contributed by atoms with Crippen LogP contribution in [-0.2, 0) is 0 Å². The molecule has 0 aliphatic heterocycles. The largest absolute Gasteiger partial charge is 0.289 e. The van der Waals surface area contributed by atoms with Crippen LogP contribution in [0.1, 0.15) is 17.1 Å². The van der Waals surface area contributed by atoms with Gasteiger partial charge in [-0.15, -0.1) is 0 Å². The third-order valence-electron chi connectivity index (χ3n) is 3.54. The molecular weight excluding hydrogens is 300 g/mol. The highest BCUT2D eigenvalue weighted by Gasteiger charge is 2.12. The van der Waals surface area contributed by atoms with Gasteiger partial charge in [0.2, 0.25) is 0 Å². The second kappa shape index (κ2) is 5.42. The van der Waals surface area contributed by atoms with E-state index < -0.39 is 0 Å². The van der Waals surface area contributed by atoms with Gasteiger partial charge in [0.05, 0.1) is 22.8 Å². The predicted molar refractivity (Wildman–Crippen MR) is 86.6 cm³/mol. The van der Waals surface area contributed by atoms with Crippen molar-refractivity contribution in [3.8, 4) is 17.1 Å². The Kier molecular flexibility index (Phi) is 3.58. The van der Waals surface area contributed by atoms with Crippen LogP contribution in [0.25, 0.3) is 17.1 Å². The van der Waals surface area contributed by atoms with Gasteiger partial charge >= 0.3 is 0 Å². The summed E-state index contributed by atoms with van der Waals surface area (Å²) in [6, 6.07) is 8.83. The minimum Gasteiger partial charge on any atom is -0.289 e. The molecule has 3 aromatic rings. The monoisotopic (exact) mass is 314 g/mol. The lowest BCUT2D eigenvalue weighted by Crippen LogP contribution is -2.18. The molecule has 0 unspecified atom stereocenters. The highest BCUT2D eigenvalue weighted by Crippen LogP contribution is 2.19. The number of aryl methyl sites for hydroxylation is 3. The van der Waals surface area contributed by atoms with Crippen molar-refractivity contribution in [3.63, 3.8) is 0 Å². The number of H-pyrrole nitrogens is 1. The number of aromatic amines is 1. The van der Waals surface area contributed by atoms with Gasteiger partial charge in [-0.3, -0.25) is 14.9 Å². The molecule has 0 fully saturated rings. The van der Waals surface area contributed by atoms with Crippen LogP contribution in [0.4, 0.5) is 0 Å². The van der Waals surface area contributed by atoms with E-state index in [4.69, 9.17) is 11.6 Å². The van der Waals surface area contributed by atoms with Crippen LogP contribution in [0.2, 0.25) is 5.02 Å². The maximum atomic E-state index is 12.3. The third kappa shape index (κ3) is 2.55. The Morgan fingerprint density at radius 2 is 1.64 bits per heavy atom. The average molecular weight is 315 g/mol. The molecule has 0 radical (unpaired) electrons. The molecule has 0 bridgehead atoms. The molecule has 6 heteroatoms. The number of benzene rings is 1. The summed E-state index contributed by atoms with van der Waals surface area (Å²) in [7, 11) is 0. The molecule has 0 aliphatic rings. The van der Waals surface area contributed by atoms with Crippen LogP contribution in [0.3, 0.4) is 0 Å². The SMILES string of the molecule is Cc1nc(C)c(-n2[nH]c(-c3ccc(Cl)cc3)cc2=O)nc1C. The van der Waals surface area contributed by atoms with Crippen molar-refractivity contribution in [1.29, 1.82) is 0 Å². The van der Waals surface area contributed by atoms with E-state index in [1.54, 1.807) is 18.2 Å². The number of hydrogen-bond acceptors (Lipinski definition) is 3. The van der Waals surface area contributed by atoms with Gasteiger partial charge in [0.15, 0.2) is 5.82 Å². The molecule has 0 aliphatic carbocycles. The van der Waals surface area contributed by atoms with Crippen LogP contribution >= 0.6 is 11.6 Å². The fraction of sp³-hybridized carbons (Fsp3) is 0.188. The Morgan fingerprint density at radius 3 is 2.32 bits per heavy atom. The quantitative estimate of drug-likeness (QED) is 0.790. The molecule has 1 N–H and O–H groups in total. The van der Waals surface area contributed by atoms with Crippen molar-refractivity contribution in [2.24, 2.45) is 0 Å². The van der Waals surface area contributed by atoms with Gasteiger partial charge in [-0.2, -0.15) is 4.68 Å². The summed E-state index contributed by atoms with van der Waals surface area (Å²) in [6.07, 6.45) is 0. The normalized spacial score (nSPS) is 10.9. The van der Waals surface area contributed by atoms with Crippen LogP contribution in [-0.4, -0.2) is 19.7 Å². The van der Waals surface area contributed by atoms with E-state index in [0.29, 0.717) is 22.2 Å². The highest BCUT2D eigenvalue weighted by atomic mass is 35.5. The Balaban J connectivity index is 2.12. The Hall–Kier alpha value is -2.40. The van der Waals surface area contributed by atoms with E-state index >= 15 is 0 Å². The zero-order valence-electron chi connectivity index (χ0n) is 12.5. The predicted octanol–water partition coefficient (Wildman–Crippen LogP) is 3.20. The van der Waals surface area contributed by atoms with Gasteiger partial charge < -0.3 is 0 Å². The lowest BCUT2D eigenvalue weighted by Gasteiger charge is -2.08. The molecule has 0 amide bonds. The molecule has 5 nitrogen and oxygen atoms in total. The van der Waals surface area contributed by atoms with Gasteiger partial charge in [-0.1, -0.05) is 23.7 Å². The molecular formula is C16H15ClN4O. The van der Waals surface area contributed by atoms with Crippen LogP contribution in [0, 0.1) is 20.8 Å². The number of hydrogen-bond donors (Lipinski definition) is 1. The molecule has 3 rings (SSSR count). The lowest BCUT2D eigenvalue weighted by atomic mass is 10.2. The van der Waals surface area contributed by atoms with E-state index in [2.05, 4.69) is 15.1 Å². The summed E-state index contributed by atoms with van der Waals surface area (Å²) in [5.74, 6) is 0.522. The zero-order chi connectivity index (χ0) is 15.9. The minimum absolute atomic E-state index is 0.175. The summed E-state index contributed by atoms with van der Waals surface area (Å²) >= 11 is 5.89. The van der Waals surface area contributed by atoms with Gasteiger partial charge in [0.25, 0.3) is 5.56 Å². The van der Waals surface area contributed by atoms with Crippen LogP contribution in [0.15, 0.2) is 35.1 Å². The third-order valence-corrected chi connectivity index (χ3v) is 3.80. The van der Waals surface area contributed by atoms with E-state index in [0.717, 1.165) is 17.0 Å². The summed E-state index contributed by atoms with van der Waals surface area (Å²) in [5, 5.41) is 3.73. The second-order valence-corrected chi connectivity index (χ2v) is 5.59. The number of aromatic nitrogens is 4. The maximum absolute atomic E-state index is 12.3. The molecule has 0 saturated carbocycles. The summed E-state index contributed by atoms with van der Waals surface area (Å²) in [5.41, 5.74) is 3.78. The molecule has 112 valence electrons. The molecule has 0 saturated heterocycles. The number of rotatable bonds is 2. The molecule has 1 aromatic carbocycles. The highest BCUT2D eigenvalue weighted by molar-refractivity contribution is 6.30. The van der Waals surface area contributed by atoms with Crippen molar-refractivity contribution in [3.05, 3.63) is 62.8 Å². The standard InChI is InChI=1S/C16H15ClN4O/c1-9-10(2)19-16(11(3)18-9)21-15(22)8-14(20-21)12-4-6-13(17)7-5-12/h4-8,20H,1-3H3. The van der Waals surface area contributed by atoms with E-state index in [9.17, 15) is 4.79 Å². The van der Waals surface area contributed by atoms with Crippen molar-refractivity contribution >= 4 is 11.6 Å². The topological polar surface area (TPSA) is 63.6 Å². The fourth-order valence-corrected chi connectivity index (χ4v) is 2.37. The van der Waals surface area contributed by atoms with E-state index in [-0.39, 0.29) is 5.56 Å². The van der Waals surface area contributed by atoms with Gasteiger partial charge in [0, 0.05) is 11.1 Å². The number of halogens is 1. The van der Waals surface area contributed by atoms with Gasteiger partial charge in [-0.05, 0) is 38.5 Å². The van der Waals surface area contributed by atoms with Crippen molar-refractivity contribution in [2.45, 2.75) is 20.8 Å². The first kappa shape index (κ1) is 14.5. The minimum atomic E-state index is -0.175. The molecule has 22 heavy (non-hydrogen) atoms. The fourth-order valence-electron chi connectivity index (χ4n) is 2.25. The van der Waals surface area contributed by atoms with E-state index in [1.165, 1.54) is 4.68 Å². The van der Waals surface area contributed by atoms with Gasteiger partial charge in [0.1, 0.15) is 0 Å². The average Bonchev–Trinajstić information content (AvgIpc) is 2.85. The van der Waals surface area contributed by atoms with Crippen LogP contribution in [0.5, 0.6) is 0 Å². The van der Waals surface area contributed by atoms with Gasteiger partial charge in [-0.25, -0.2) is 4.98 Å². The Bertz CT molecular complexity index is 893. The summed E-state index contributed by atoms with van der Waals surface area (Å²) in [6.45, 7) is 5.61. The van der Waals surface area contributed by atoms with Crippen molar-refractivity contribution in [1.82, 2.24) is 19.7 Å². The Morgan fingerprint density at radius 1 is 1.00 bits per heavy atom. The maximum Gasteiger partial charge on any atom is 0.273 e. The first-order valence-electron chi connectivity index (χ1n) is 6.86. The molecule has 0 spiro atoms. The smallest absolute Gasteiger partial charge is 0.273 e. The lowest BCUT2D eigenvalue weighted by molar-refractivity contribution is 0.788. The van der Waals surface area contributed by atoms with E-state index in [1.807, 2.05) is 32.9 Å². The second-order valence-electron chi connectivity index (χ2n) is 5.15. The first-order valence-corrected chi connectivity index (χ1v) is 7.24. The Labute approximate surface area is 132 Å². The van der Waals surface area contributed by atoms with Crippen LogP contribution < -0.4 is 5.56 Å². The molecule has 2 heterocycles. The first-order chi connectivity index (χ1) is 10.5. The number of nitrogens with one attached hydrogen (secondary N) is 1. The molecule has 0 atom stereocenters. The molecule has 2 aromatic heterocycles. The van der Waals surface area contributed by atoms with Crippen molar-refractivity contribution in [2.75, 3.05) is 0 Å². The zero-order valence-corrected chi connectivity index (χ0v) is 13.3. The summed E-state index contributed by atoms with van der Waals surface area (Å²) in [4.78, 5) is 21.2. The number of nitrogens with zero attached hydrogens (tertiary/aromatic N) is 3.